The van der Waals surface area contributed by atoms with E-state index in [9.17, 15) is 0 Å². The first kappa shape index (κ1) is 13.4. The highest BCUT2D eigenvalue weighted by atomic mass is 79.9. The van der Waals surface area contributed by atoms with Crippen LogP contribution in [0.1, 0.15) is 24.8 Å². The molecule has 1 aromatic rings. The molecule has 1 atom stereocenters. The van der Waals surface area contributed by atoms with Crippen LogP contribution in [0, 0.1) is 0 Å². The Morgan fingerprint density at radius 3 is 2.95 bits per heavy atom. The average molecular weight is 324 g/mol. The van der Waals surface area contributed by atoms with Crippen molar-refractivity contribution < 1.29 is 0 Å². The molecule has 2 saturated heterocycles. The number of fused-ring (bicyclic) bond motifs is 1. The van der Waals surface area contributed by atoms with Crippen LogP contribution in [0.25, 0.3) is 0 Å². The van der Waals surface area contributed by atoms with Gasteiger partial charge in [-0.25, -0.2) is 0 Å². The van der Waals surface area contributed by atoms with E-state index in [2.05, 4.69) is 37.9 Å². The van der Waals surface area contributed by atoms with Crippen LogP contribution in [-0.2, 0) is 6.54 Å². The minimum Gasteiger partial charge on any atom is -0.399 e. The van der Waals surface area contributed by atoms with Gasteiger partial charge in [-0.15, -0.1) is 0 Å². The number of nitrogen functional groups attached to an aromatic ring is 1. The Balaban J connectivity index is 1.70. The van der Waals surface area contributed by atoms with E-state index in [1.54, 1.807) is 0 Å². The first-order chi connectivity index (χ1) is 9.22. The molecule has 104 valence electrons. The van der Waals surface area contributed by atoms with E-state index in [4.69, 9.17) is 5.73 Å². The fourth-order valence-corrected chi connectivity index (χ4v) is 3.76. The van der Waals surface area contributed by atoms with Gasteiger partial charge in [0.1, 0.15) is 0 Å². The molecule has 0 aromatic heterocycles. The maximum Gasteiger partial charge on any atom is 0.0318 e. The minimum atomic E-state index is 0.780. The van der Waals surface area contributed by atoms with Crippen molar-refractivity contribution in [2.24, 2.45) is 0 Å². The molecule has 0 radical (unpaired) electrons. The van der Waals surface area contributed by atoms with Crippen LogP contribution in [0.5, 0.6) is 0 Å². The van der Waals surface area contributed by atoms with Gasteiger partial charge in [0.25, 0.3) is 0 Å². The van der Waals surface area contributed by atoms with Gasteiger partial charge in [0.2, 0.25) is 0 Å². The number of halogens is 1. The van der Waals surface area contributed by atoms with Crippen LogP contribution in [0.4, 0.5) is 5.69 Å². The van der Waals surface area contributed by atoms with Crippen molar-refractivity contribution >= 4 is 21.6 Å². The van der Waals surface area contributed by atoms with E-state index in [1.807, 2.05) is 6.07 Å². The molecule has 1 unspecified atom stereocenters. The molecule has 4 heteroatoms. The van der Waals surface area contributed by atoms with Crippen molar-refractivity contribution in [3.63, 3.8) is 0 Å². The number of hydrogen-bond acceptors (Lipinski definition) is 3. The first-order valence-electron chi connectivity index (χ1n) is 7.23. The van der Waals surface area contributed by atoms with Gasteiger partial charge in [-0.2, -0.15) is 0 Å². The topological polar surface area (TPSA) is 32.5 Å². The predicted octanol–water partition coefficient (Wildman–Crippen LogP) is 2.70. The summed E-state index contributed by atoms with van der Waals surface area (Å²) in [6, 6.07) is 6.89. The number of nitrogens with zero attached hydrogens (tertiary/aromatic N) is 2. The van der Waals surface area contributed by atoms with Crippen LogP contribution >= 0.6 is 15.9 Å². The van der Waals surface area contributed by atoms with Gasteiger partial charge in [-0.1, -0.05) is 15.9 Å². The monoisotopic (exact) mass is 323 g/mol. The van der Waals surface area contributed by atoms with Gasteiger partial charge >= 0.3 is 0 Å². The molecule has 1 aromatic carbocycles. The maximum atomic E-state index is 5.90. The van der Waals surface area contributed by atoms with Gasteiger partial charge in [0, 0.05) is 29.3 Å². The highest BCUT2D eigenvalue weighted by Crippen LogP contribution is 2.25. The lowest BCUT2D eigenvalue weighted by Gasteiger charge is -2.26. The van der Waals surface area contributed by atoms with Gasteiger partial charge in [0.05, 0.1) is 0 Å². The summed E-state index contributed by atoms with van der Waals surface area (Å²) >= 11 is 3.64. The summed E-state index contributed by atoms with van der Waals surface area (Å²) in [5, 5.41) is 0. The third-order valence-corrected chi connectivity index (χ3v) is 5.13. The third kappa shape index (κ3) is 3.12. The van der Waals surface area contributed by atoms with Crippen LogP contribution in [-0.4, -0.2) is 42.0 Å². The van der Waals surface area contributed by atoms with Gasteiger partial charge in [0.15, 0.2) is 0 Å². The summed E-state index contributed by atoms with van der Waals surface area (Å²) in [6.45, 7) is 6.01. The second-order valence-corrected chi connectivity index (χ2v) is 6.63. The van der Waals surface area contributed by atoms with Crippen LogP contribution < -0.4 is 5.73 Å². The molecule has 2 aliphatic rings. The van der Waals surface area contributed by atoms with Crippen molar-refractivity contribution in [3.05, 3.63) is 28.2 Å². The molecule has 2 N–H and O–H groups in total. The molecule has 2 fully saturated rings. The lowest BCUT2D eigenvalue weighted by Crippen LogP contribution is -2.36. The second kappa shape index (κ2) is 5.81. The van der Waals surface area contributed by atoms with Gasteiger partial charge in [-0.05, 0) is 62.7 Å². The fourth-order valence-electron chi connectivity index (χ4n) is 3.38. The van der Waals surface area contributed by atoms with E-state index in [0.29, 0.717) is 0 Å². The number of benzene rings is 1. The largest absolute Gasteiger partial charge is 0.399 e. The molecule has 2 heterocycles. The summed E-state index contributed by atoms with van der Waals surface area (Å²) in [7, 11) is 0. The summed E-state index contributed by atoms with van der Waals surface area (Å²) < 4.78 is 1.18. The lowest BCUT2D eigenvalue weighted by molar-refractivity contribution is 0.215. The van der Waals surface area contributed by atoms with E-state index >= 15 is 0 Å². The highest BCUT2D eigenvalue weighted by molar-refractivity contribution is 9.10. The second-order valence-electron chi connectivity index (χ2n) is 5.77. The summed E-state index contributed by atoms with van der Waals surface area (Å²) in [5.41, 5.74) is 8.07. The van der Waals surface area contributed by atoms with Crippen molar-refractivity contribution in [1.29, 1.82) is 0 Å². The molecule has 0 amide bonds. The molecule has 0 aliphatic carbocycles. The smallest absolute Gasteiger partial charge is 0.0318 e. The van der Waals surface area contributed by atoms with Crippen LogP contribution in [0.15, 0.2) is 22.7 Å². The molecule has 0 bridgehead atoms. The Labute approximate surface area is 123 Å². The minimum absolute atomic E-state index is 0.780. The molecule has 0 saturated carbocycles. The average Bonchev–Trinajstić information content (AvgIpc) is 2.73. The predicted molar refractivity (Wildman–Crippen MR) is 83.0 cm³/mol. The van der Waals surface area contributed by atoms with Crippen molar-refractivity contribution in [1.82, 2.24) is 9.80 Å². The molecule has 3 rings (SSSR count). The van der Waals surface area contributed by atoms with Crippen molar-refractivity contribution in [3.8, 4) is 0 Å². The van der Waals surface area contributed by atoms with Crippen molar-refractivity contribution in [2.75, 3.05) is 31.9 Å². The zero-order valence-corrected chi connectivity index (χ0v) is 12.9. The lowest BCUT2D eigenvalue weighted by atomic mass is 10.1. The molecular weight excluding hydrogens is 302 g/mol. The summed E-state index contributed by atoms with van der Waals surface area (Å²) in [4.78, 5) is 5.27. The van der Waals surface area contributed by atoms with Crippen molar-refractivity contribution in [2.45, 2.75) is 31.8 Å². The Morgan fingerprint density at radius 1 is 1.21 bits per heavy atom. The molecular formula is C15H22BrN3. The standard InChI is InChI=1S/C15H22BrN3/c16-15-5-4-13(17)9-12(15)10-18-6-2-8-19-7-1-3-14(19)11-18/h4-5,9,14H,1-3,6-8,10-11,17H2. The highest BCUT2D eigenvalue weighted by Gasteiger charge is 2.28. The quantitative estimate of drug-likeness (QED) is 0.849. The number of nitrogens with two attached hydrogens (primary N) is 1. The third-order valence-electron chi connectivity index (χ3n) is 4.35. The molecule has 0 spiro atoms. The molecule has 2 aliphatic heterocycles. The maximum absolute atomic E-state index is 5.90. The number of rotatable bonds is 2. The zero-order valence-electron chi connectivity index (χ0n) is 11.3. The van der Waals surface area contributed by atoms with E-state index in [-0.39, 0.29) is 0 Å². The summed E-state index contributed by atoms with van der Waals surface area (Å²) in [5.74, 6) is 0. The summed E-state index contributed by atoms with van der Waals surface area (Å²) in [6.07, 6.45) is 4.03. The van der Waals surface area contributed by atoms with Crippen LogP contribution in [0.2, 0.25) is 0 Å². The fraction of sp³-hybridized carbons (Fsp3) is 0.600. The van der Waals surface area contributed by atoms with E-state index in [0.717, 1.165) is 18.3 Å². The van der Waals surface area contributed by atoms with E-state index in [1.165, 1.54) is 55.5 Å². The molecule has 3 nitrogen and oxygen atoms in total. The SMILES string of the molecule is Nc1ccc(Br)c(CN2CCCN3CCCC3C2)c1. The first-order valence-corrected chi connectivity index (χ1v) is 8.02. The Morgan fingerprint density at radius 2 is 2.05 bits per heavy atom. The zero-order chi connectivity index (χ0) is 13.2. The van der Waals surface area contributed by atoms with Crippen LogP contribution in [0.3, 0.4) is 0 Å². The Hall–Kier alpha value is -0.580. The normalized spacial score (nSPS) is 25.2. The Bertz CT molecular complexity index is 449. The number of anilines is 1. The number of hydrogen-bond donors (Lipinski definition) is 1. The van der Waals surface area contributed by atoms with E-state index < -0.39 is 0 Å². The van der Waals surface area contributed by atoms with Gasteiger partial charge in [-0.3, -0.25) is 9.80 Å². The molecule has 19 heavy (non-hydrogen) atoms. The Kier molecular flexibility index (Phi) is 4.10. The van der Waals surface area contributed by atoms with Gasteiger partial charge < -0.3 is 5.73 Å².